The van der Waals surface area contributed by atoms with Gasteiger partial charge in [0.2, 0.25) is 15.9 Å². The molecule has 2 fully saturated rings. The summed E-state index contributed by atoms with van der Waals surface area (Å²) in [6, 6.07) is 5.47. The maximum absolute atomic E-state index is 14.0. The molecule has 9 heteroatoms. The van der Waals surface area contributed by atoms with Crippen molar-refractivity contribution in [1.82, 2.24) is 14.5 Å². The fourth-order valence-electron chi connectivity index (χ4n) is 3.88. The highest BCUT2D eigenvalue weighted by molar-refractivity contribution is 7.89. The van der Waals surface area contributed by atoms with Gasteiger partial charge in [0.1, 0.15) is 10.7 Å². The molecule has 2 aliphatic rings. The lowest BCUT2D eigenvalue weighted by atomic mass is 9.94. The number of carbonyl (C=O) groups is 1. The van der Waals surface area contributed by atoms with Crippen LogP contribution in [0.4, 0.5) is 4.39 Å². The summed E-state index contributed by atoms with van der Waals surface area (Å²) in [5.74, 6) is -0.628. The van der Waals surface area contributed by atoms with Gasteiger partial charge in [-0.2, -0.15) is 4.31 Å². The molecule has 0 aromatic heterocycles. The number of ether oxygens (including phenoxy) is 1. The molecule has 0 bridgehead atoms. The first-order chi connectivity index (χ1) is 14.0. The van der Waals surface area contributed by atoms with Crippen molar-refractivity contribution in [2.75, 3.05) is 52.5 Å². The SMILES string of the molecule is O=C(CCC1CCCN(S(=O)(=O)c2ccccc2F)C1)NCCN1CCOCC1. The monoisotopic (exact) mass is 427 g/mol. The lowest BCUT2D eigenvalue weighted by molar-refractivity contribution is -0.121. The average molecular weight is 428 g/mol. The first kappa shape index (κ1) is 22.1. The molecule has 0 spiro atoms. The topological polar surface area (TPSA) is 79.0 Å². The summed E-state index contributed by atoms with van der Waals surface area (Å²) in [5, 5.41) is 2.94. The summed E-state index contributed by atoms with van der Waals surface area (Å²) in [6.45, 7) is 5.40. The molecule has 3 rings (SSSR count). The number of morpholine rings is 1. The van der Waals surface area contributed by atoms with Crippen LogP contribution in [-0.4, -0.2) is 76.0 Å². The van der Waals surface area contributed by atoms with Crippen molar-refractivity contribution in [3.8, 4) is 0 Å². The van der Waals surface area contributed by atoms with Gasteiger partial charge < -0.3 is 10.1 Å². The average Bonchev–Trinajstić information content (AvgIpc) is 2.73. The molecule has 0 radical (unpaired) electrons. The molecule has 1 aromatic carbocycles. The van der Waals surface area contributed by atoms with Gasteiger partial charge >= 0.3 is 0 Å². The van der Waals surface area contributed by atoms with E-state index >= 15 is 0 Å². The van der Waals surface area contributed by atoms with Crippen molar-refractivity contribution in [3.05, 3.63) is 30.1 Å². The number of benzene rings is 1. The number of sulfonamides is 1. The summed E-state index contributed by atoms with van der Waals surface area (Å²) in [5.41, 5.74) is 0. The Morgan fingerprint density at radius 3 is 2.72 bits per heavy atom. The van der Waals surface area contributed by atoms with Crippen LogP contribution in [0, 0.1) is 11.7 Å². The number of rotatable bonds is 8. The van der Waals surface area contributed by atoms with E-state index in [1.54, 1.807) is 0 Å². The van der Waals surface area contributed by atoms with Gasteiger partial charge in [-0.3, -0.25) is 9.69 Å². The molecule has 7 nitrogen and oxygen atoms in total. The van der Waals surface area contributed by atoms with Gasteiger partial charge in [-0.1, -0.05) is 12.1 Å². The van der Waals surface area contributed by atoms with Crippen LogP contribution in [0.25, 0.3) is 0 Å². The van der Waals surface area contributed by atoms with E-state index in [4.69, 9.17) is 4.74 Å². The van der Waals surface area contributed by atoms with Crippen LogP contribution < -0.4 is 5.32 Å². The normalized spacial score (nSPS) is 21.8. The van der Waals surface area contributed by atoms with Crippen LogP contribution in [0.15, 0.2) is 29.2 Å². The Morgan fingerprint density at radius 1 is 1.21 bits per heavy atom. The number of amides is 1. The smallest absolute Gasteiger partial charge is 0.245 e. The van der Waals surface area contributed by atoms with E-state index in [2.05, 4.69) is 10.2 Å². The fraction of sp³-hybridized carbons (Fsp3) is 0.650. The molecule has 1 unspecified atom stereocenters. The number of piperidine rings is 1. The Labute approximate surface area is 172 Å². The van der Waals surface area contributed by atoms with Crippen LogP contribution >= 0.6 is 0 Å². The lowest BCUT2D eigenvalue weighted by Crippen LogP contribution is -2.42. The highest BCUT2D eigenvalue weighted by Crippen LogP contribution is 2.27. The van der Waals surface area contributed by atoms with E-state index in [1.807, 2.05) is 0 Å². The summed E-state index contributed by atoms with van der Waals surface area (Å²) < 4.78 is 46.2. The van der Waals surface area contributed by atoms with Gasteiger partial charge in [0.15, 0.2) is 0 Å². The van der Waals surface area contributed by atoms with Crippen LogP contribution in [0.3, 0.4) is 0 Å². The molecule has 162 valence electrons. The minimum Gasteiger partial charge on any atom is -0.379 e. The lowest BCUT2D eigenvalue weighted by Gasteiger charge is -2.32. The third kappa shape index (κ3) is 6.21. The van der Waals surface area contributed by atoms with Gasteiger partial charge in [0.05, 0.1) is 13.2 Å². The zero-order chi connectivity index (χ0) is 20.7. The zero-order valence-electron chi connectivity index (χ0n) is 16.7. The molecular weight excluding hydrogens is 397 g/mol. The van der Waals surface area contributed by atoms with E-state index < -0.39 is 15.8 Å². The van der Waals surface area contributed by atoms with Crippen LogP contribution in [0.5, 0.6) is 0 Å². The minimum atomic E-state index is -3.85. The van der Waals surface area contributed by atoms with Crippen molar-refractivity contribution in [3.63, 3.8) is 0 Å². The highest BCUT2D eigenvalue weighted by Gasteiger charge is 2.32. The molecule has 2 heterocycles. The molecule has 1 N–H and O–H groups in total. The predicted octanol–water partition coefficient (Wildman–Crippen LogP) is 1.46. The summed E-state index contributed by atoms with van der Waals surface area (Å²) in [7, 11) is -3.85. The largest absolute Gasteiger partial charge is 0.379 e. The Kier molecular flexibility index (Phi) is 7.99. The second kappa shape index (κ2) is 10.5. The van der Waals surface area contributed by atoms with E-state index in [1.165, 1.54) is 22.5 Å². The van der Waals surface area contributed by atoms with Gasteiger partial charge in [-0.15, -0.1) is 0 Å². The van der Waals surface area contributed by atoms with Gasteiger partial charge in [0.25, 0.3) is 0 Å². The molecule has 2 aliphatic heterocycles. The number of nitrogens with zero attached hydrogens (tertiary/aromatic N) is 2. The Bertz CT molecular complexity index is 784. The fourth-order valence-corrected chi connectivity index (χ4v) is 5.50. The standard InChI is InChI=1S/C20H30FN3O4S/c21-18-5-1-2-6-19(18)29(26,27)24-10-3-4-17(16-24)7-8-20(25)22-9-11-23-12-14-28-15-13-23/h1-2,5-6,17H,3-4,7-16H2,(H,22,25). The quantitative estimate of drug-likeness (QED) is 0.680. The minimum absolute atomic E-state index is 0.00709. The van der Waals surface area contributed by atoms with Crippen LogP contribution in [0.1, 0.15) is 25.7 Å². The summed E-state index contributed by atoms with van der Waals surface area (Å²) in [6.07, 6.45) is 2.61. The third-order valence-electron chi connectivity index (χ3n) is 5.57. The van der Waals surface area contributed by atoms with Gasteiger partial charge in [0, 0.05) is 45.7 Å². The number of nitrogens with one attached hydrogen (secondary N) is 1. The number of hydrogen-bond donors (Lipinski definition) is 1. The number of halogens is 1. The highest BCUT2D eigenvalue weighted by atomic mass is 32.2. The Hall–Kier alpha value is -1.55. The Morgan fingerprint density at radius 2 is 1.97 bits per heavy atom. The van der Waals surface area contributed by atoms with Crippen LogP contribution in [-0.2, 0) is 19.6 Å². The van der Waals surface area contributed by atoms with Crippen LogP contribution in [0.2, 0.25) is 0 Å². The van der Waals surface area contributed by atoms with Gasteiger partial charge in [-0.25, -0.2) is 12.8 Å². The van der Waals surface area contributed by atoms with Crippen molar-refractivity contribution < 1.29 is 22.3 Å². The maximum atomic E-state index is 14.0. The predicted molar refractivity (Wildman–Crippen MR) is 107 cm³/mol. The molecule has 0 aliphatic carbocycles. The molecule has 29 heavy (non-hydrogen) atoms. The first-order valence-corrected chi connectivity index (χ1v) is 11.7. The molecule has 0 saturated carbocycles. The van der Waals surface area contributed by atoms with E-state index in [0.29, 0.717) is 32.5 Å². The second-order valence-electron chi connectivity index (χ2n) is 7.64. The van der Waals surface area contributed by atoms with Gasteiger partial charge in [-0.05, 0) is 37.3 Å². The van der Waals surface area contributed by atoms with Crippen molar-refractivity contribution in [1.29, 1.82) is 0 Å². The van der Waals surface area contributed by atoms with Crippen molar-refractivity contribution in [2.24, 2.45) is 5.92 Å². The molecule has 1 amide bonds. The maximum Gasteiger partial charge on any atom is 0.245 e. The first-order valence-electron chi connectivity index (χ1n) is 10.3. The zero-order valence-corrected chi connectivity index (χ0v) is 17.5. The van der Waals surface area contributed by atoms with Crippen molar-refractivity contribution in [2.45, 2.75) is 30.6 Å². The summed E-state index contributed by atoms with van der Waals surface area (Å²) >= 11 is 0. The van der Waals surface area contributed by atoms with E-state index in [0.717, 1.165) is 51.8 Å². The number of carbonyl (C=O) groups excluding carboxylic acids is 1. The third-order valence-corrected chi connectivity index (χ3v) is 7.47. The molecule has 1 aromatic rings. The van der Waals surface area contributed by atoms with E-state index in [9.17, 15) is 17.6 Å². The molecule has 1 atom stereocenters. The van der Waals surface area contributed by atoms with Crippen molar-refractivity contribution >= 4 is 15.9 Å². The molecule has 2 saturated heterocycles. The van der Waals surface area contributed by atoms with E-state index in [-0.39, 0.29) is 16.7 Å². The number of hydrogen-bond acceptors (Lipinski definition) is 5. The summed E-state index contributed by atoms with van der Waals surface area (Å²) in [4.78, 5) is 14.1. The molecular formula is C20H30FN3O4S. The second-order valence-corrected chi connectivity index (χ2v) is 9.55. The Balaban J connectivity index is 1.43.